The summed E-state index contributed by atoms with van der Waals surface area (Å²) >= 11 is 0. The molecule has 0 unspecified atom stereocenters. The molecule has 2 aromatic heterocycles. The molecular formula is C25H32FN3O. The molecule has 5 heteroatoms. The lowest BCUT2D eigenvalue weighted by Gasteiger charge is -2.28. The van der Waals surface area contributed by atoms with E-state index in [1.54, 1.807) is 11.6 Å². The highest BCUT2D eigenvalue weighted by atomic mass is 19.1. The predicted octanol–water partition coefficient (Wildman–Crippen LogP) is 4.94. The van der Waals surface area contributed by atoms with Crippen LogP contribution in [0.4, 0.5) is 4.39 Å². The van der Waals surface area contributed by atoms with Gasteiger partial charge in [0.15, 0.2) is 0 Å². The van der Waals surface area contributed by atoms with Crippen molar-refractivity contribution in [3.05, 3.63) is 57.5 Å². The number of likely N-dealkylation sites (tertiary alicyclic amines) is 1. The first-order valence-corrected chi connectivity index (χ1v) is 11.0. The summed E-state index contributed by atoms with van der Waals surface area (Å²) in [7, 11) is 1.81. The lowest BCUT2D eigenvalue weighted by molar-refractivity contribution is 0.152. The molecule has 4 nitrogen and oxygen atoms in total. The van der Waals surface area contributed by atoms with Crippen LogP contribution < -0.4 is 5.56 Å². The fourth-order valence-corrected chi connectivity index (χ4v) is 4.67. The van der Waals surface area contributed by atoms with Crippen LogP contribution in [0.3, 0.4) is 0 Å². The standard InChI is InChI=1S/C25H32FN3O/c1-16(2)23-21-14-18(7-10-29-11-8-20(26)9-12-29)5-6-22(21)27-24(23)19-13-17(3)25(30)28(4)15-19/h5-6,13-16,20,27H,7-12H2,1-4H3. The Morgan fingerprint density at radius 1 is 1.20 bits per heavy atom. The third-order valence-electron chi connectivity index (χ3n) is 6.37. The van der Waals surface area contributed by atoms with Crippen LogP contribution in [0.5, 0.6) is 0 Å². The van der Waals surface area contributed by atoms with Crippen LogP contribution in [0.15, 0.2) is 35.3 Å². The number of nitrogens with one attached hydrogen (secondary N) is 1. The molecule has 0 bridgehead atoms. The second-order valence-corrected chi connectivity index (χ2v) is 9.04. The van der Waals surface area contributed by atoms with E-state index in [-0.39, 0.29) is 5.56 Å². The fraction of sp³-hybridized carbons (Fsp3) is 0.480. The van der Waals surface area contributed by atoms with Crippen LogP contribution in [0.25, 0.3) is 22.2 Å². The number of benzene rings is 1. The van der Waals surface area contributed by atoms with Crippen molar-refractivity contribution in [3.8, 4) is 11.3 Å². The van der Waals surface area contributed by atoms with Gasteiger partial charge in [-0.25, -0.2) is 4.39 Å². The number of H-pyrrole nitrogens is 1. The van der Waals surface area contributed by atoms with E-state index in [1.807, 2.05) is 19.2 Å². The zero-order chi connectivity index (χ0) is 21.4. The van der Waals surface area contributed by atoms with Crippen LogP contribution in [-0.4, -0.2) is 40.3 Å². The first-order chi connectivity index (χ1) is 14.3. The summed E-state index contributed by atoms with van der Waals surface area (Å²) in [5.74, 6) is 0.352. The lowest BCUT2D eigenvalue weighted by atomic mass is 9.95. The molecule has 1 N–H and O–H groups in total. The van der Waals surface area contributed by atoms with Gasteiger partial charge in [0.2, 0.25) is 0 Å². The number of hydrogen-bond donors (Lipinski definition) is 1. The fourth-order valence-electron chi connectivity index (χ4n) is 4.67. The highest BCUT2D eigenvalue weighted by Crippen LogP contribution is 2.36. The molecule has 0 spiro atoms. The quantitative estimate of drug-likeness (QED) is 0.648. The number of piperidine rings is 1. The van der Waals surface area contributed by atoms with E-state index in [0.29, 0.717) is 18.8 Å². The normalized spacial score (nSPS) is 16.1. The van der Waals surface area contributed by atoms with Crippen molar-refractivity contribution in [2.24, 2.45) is 7.05 Å². The molecule has 0 aliphatic carbocycles. The molecule has 1 saturated heterocycles. The molecule has 4 rings (SSSR count). The average Bonchev–Trinajstić information content (AvgIpc) is 3.10. The molecule has 3 heterocycles. The van der Waals surface area contributed by atoms with Gasteiger partial charge in [-0.1, -0.05) is 19.9 Å². The summed E-state index contributed by atoms with van der Waals surface area (Å²) < 4.78 is 15.0. The number of aryl methyl sites for hydroxylation is 2. The van der Waals surface area contributed by atoms with Gasteiger partial charge in [-0.3, -0.25) is 4.79 Å². The van der Waals surface area contributed by atoms with Crippen molar-refractivity contribution in [2.45, 2.75) is 52.1 Å². The number of pyridine rings is 1. The average molecular weight is 410 g/mol. The Kier molecular flexibility index (Phi) is 5.83. The van der Waals surface area contributed by atoms with E-state index in [2.05, 4.69) is 41.9 Å². The van der Waals surface area contributed by atoms with Gasteiger partial charge in [0.05, 0.1) is 5.69 Å². The summed E-state index contributed by atoms with van der Waals surface area (Å²) in [4.78, 5) is 18.1. The zero-order valence-electron chi connectivity index (χ0n) is 18.5. The van der Waals surface area contributed by atoms with Crippen molar-refractivity contribution in [2.75, 3.05) is 19.6 Å². The highest BCUT2D eigenvalue weighted by Gasteiger charge is 2.19. The maximum Gasteiger partial charge on any atom is 0.253 e. The Hall–Kier alpha value is -2.40. The number of hydrogen-bond acceptors (Lipinski definition) is 2. The third-order valence-corrected chi connectivity index (χ3v) is 6.37. The number of nitrogens with zero attached hydrogens (tertiary/aromatic N) is 2. The number of rotatable bonds is 5. The van der Waals surface area contributed by atoms with Gasteiger partial charge in [0.25, 0.3) is 5.56 Å². The van der Waals surface area contributed by atoms with E-state index < -0.39 is 6.17 Å². The van der Waals surface area contributed by atoms with Crippen LogP contribution >= 0.6 is 0 Å². The number of aromatic nitrogens is 2. The van der Waals surface area contributed by atoms with Gasteiger partial charge in [0, 0.05) is 54.9 Å². The Balaban J connectivity index is 1.67. The van der Waals surface area contributed by atoms with Crippen molar-refractivity contribution >= 4 is 10.9 Å². The molecule has 1 fully saturated rings. The second kappa shape index (κ2) is 8.38. The van der Waals surface area contributed by atoms with E-state index in [0.717, 1.165) is 48.4 Å². The number of halogens is 1. The van der Waals surface area contributed by atoms with Crippen LogP contribution in [0.2, 0.25) is 0 Å². The molecule has 160 valence electrons. The summed E-state index contributed by atoms with van der Waals surface area (Å²) in [6, 6.07) is 8.65. The molecule has 0 amide bonds. The van der Waals surface area contributed by atoms with Gasteiger partial charge in [-0.05, 0) is 61.4 Å². The first-order valence-electron chi connectivity index (χ1n) is 11.0. The molecule has 1 aliphatic rings. The SMILES string of the molecule is Cc1cc(-c2[nH]c3ccc(CCN4CCC(F)CC4)cc3c2C(C)C)cn(C)c1=O. The smallest absolute Gasteiger partial charge is 0.253 e. The number of alkyl halides is 1. The number of aromatic amines is 1. The topological polar surface area (TPSA) is 41.0 Å². The maximum atomic E-state index is 13.4. The molecule has 1 aromatic carbocycles. The largest absolute Gasteiger partial charge is 0.354 e. The molecule has 1 aliphatic heterocycles. The third kappa shape index (κ3) is 4.08. The van der Waals surface area contributed by atoms with Crippen molar-refractivity contribution < 1.29 is 4.39 Å². The van der Waals surface area contributed by atoms with Gasteiger partial charge in [0.1, 0.15) is 6.17 Å². The Bertz CT molecular complexity index is 1080. The summed E-state index contributed by atoms with van der Waals surface area (Å²) in [6.45, 7) is 9.01. The first kappa shape index (κ1) is 20.9. The summed E-state index contributed by atoms with van der Waals surface area (Å²) in [5, 5.41) is 1.26. The van der Waals surface area contributed by atoms with E-state index in [9.17, 15) is 9.18 Å². The van der Waals surface area contributed by atoms with Gasteiger partial charge < -0.3 is 14.5 Å². The van der Waals surface area contributed by atoms with Crippen LogP contribution in [0, 0.1) is 6.92 Å². The van der Waals surface area contributed by atoms with Gasteiger partial charge >= 0.3 is 0 Å². The molecule has 30 heavy (non-hydrogen) atoms. The Morgan fingerprint density at radius 3 is 2.60 bits per heavy atom. The van der Waals surface area contributed by atoms with Crippen molar-refractivity contribution in [1.29, 1.82) is 0 Å². The summed E-state index contributed by atoms with van der Waals surface area (Å²) in [6.07, 6.45) is 3.60. The molecule has 0 saturated carbocycles. The van der Waals surface area contributed by atoms with Crippen molar-refractivity contribution in [3.63, 3.8) is 0 Å². The number of fused-ring (bicyclic) bond motifs is 1. The van der Waals surface area contributed by atoms with Crippen molar-refractivity contribution in [1.82, 2.24) is 14.5 Å². The second-order valence-electron chi connectivity index (χ2n) is 9.04. The van der Waals surface area contributed by atoms with E-state index in [1.165, 1.54) is 16.5 Å². The van der Waals surface area contributed by atoms with Gasteiger partial charge in [-0.15, -0.1) is 0 Å². The zero-order valence-corrected chi connectivity index (χ0v) is 18.5. The predicted molar refractivity (Wildman–Crippen MR) is 122 cm³/mol. The molecular weight excluding hydrogens is 377 g/mol. The monoisotopic (exact) mass is 409 g/mol. The molecule has 0 atom stereocenters. The summed E-state index contributed by atoms with van der Waals surface area (Å²) in [5.41, 5.74) is 6.67. The van der Waals surface area contributed by atoms with E-state index >= 15 is 0 Å². The minimum Gasteiger partial charge on any atom is -0.354 e. The Morgan fingerprint density at radius 2 is 1.93 bits per heavy atom. The van der Waals surface area contributed by atoms with Crippen LogP contribution in [0.1, 0.15) is 49.3 Å². The minimum absolute atomic E-state index is 0.0417. The van der Waals surface area contributed by atoms with E-state index in [4.69, 9.17) is 0 Å². The lowest BCUT2D eigenvalue weighted by Crippen LogP contribution is -2.35. The highest BCUT2D eigenvalue weighted by molar-refractivity contribution is 5.91. The molecule has 0 radical (unpaired) electrons. The van der Waals surface area contributed by atoms with Gasteiger partial charge in [-0.2, -0.15) is 0 Å². The minimum atomic E-state index is -0.620. The maximum absolute atomic E-state index is 13.4. The van der Waals surface area contributed by atoms with Crippen LogP contribution in [-0.2, 0) is 13.5 Å². The molecule has 3 aromatic rings. The Labute approximate surface area is 177 Å².